The Balaban J connectivity index is 1.28. The number of carbonyl (C=O) groups excluding carboxylic acids is 3. The molecule has 186 valence electrons. The van der Waals surface area contributed by atoms with Gasteiger partial charge in [-0.1, -0.05) is 18.2 Å². The van der Waals surface area contributed by atoms with Crippen LogP contribution in [0.3, 0.4) is 0 Å². The summed E-state index contributed by atoms with van der Waals surface area (Å²) in [6.45, 7) is 1.82. The second kappa shape index (κ2) is 9.85. The first kappa shape index (κ1) is 24.2. The molecule has 1 saturated carbocycles. The van der Waals surface area contributed by atoms with Gasteiger partial charge in [0.1, 0.15) is 5.82 Å². The Labute approximate surface area is 215 Å². The van der Waals surface area contributed by atoms with Gasteiger partial charge in [0.25, 0.3) is 17.7 Å². The van der Waals surface area contributed by atoms with Crippen LogP contribution >= 0.6 is 15.9 Å². The summed E-state index contributed by atoms with van der Waals surface area (Å²) in [6.07, 6.45) is 6.35. The second-order valence-electron chi connectivity index (χ2n) is 8.83. The Morgan fingerprint density at radius 2 is 1.83 bits per heavy atom. The lowest BCUT2D eigenvalue weighted by Gasteiger charge is -2.14. The Bertz CT molecular complexity index is 1270. The van der Waals surface area contributed by atoms with Gasteiger partial charge >= 0.3 is 0 Å². The number of carbonyl (C=O) groups is 3. The molecule has 36 heavy (non-hydrogen) atoms. The Hall–Kier alpha value is -3.53. The maximum absolute atomic E-state index is 13.3. The summed E-state index contributed by atoms with van der Waals surface area (Å²) in [5.74, 6) is -1.19. The van der Waals surface area contributed by atoms with E-state index in [-0.39, 0.29) is 42.1 Å². The highest BCUT2D eigenvalue weighted by Crippen LogP contribution is 2.52. The van der Waals surface area contributed by atoms with Crippen LogP contribution in [-0.4, -0.2) is 42.2 Å². The maximum Gasteiger partial charge on any atom is 0.262 e. The van der Waals surface area contributed by atoms with Crippen LogP contribution in [0.4, 0.5) is 10.1 Å². The fourth-order valence-electron chi connectivity index (χ4n) is 5.06. The number of anilines is 1. The van der Waals surface area contributed by atoms with E-state index < -0.39 is 11.7 Å². The molecule has 5 rings (SSSR count). The standard InChI is InChI=1S/C26H23BrFN3O5/c1-2-35-20-9-16(12-29-31-25(33)23-14-6-7-15(8-14)24(23)26(31)34)19(27)11-21(20)36-13-22(32)30-18-5-3-4-17(28)10-18/h3-7,9-12,14-15,23-24H,2,8,13H2,1H3,(H,30,32)/t14-,15-,23-,24+/m0/s1. The summed E-state index contributed by atoms with van der Waals surface area (Å²) in [4.78, 5) is 38.0. The first-order chi connectivity index (χ1) is 17.4. The van der Waals surface area contributed by atoms with E-state index in [1.54, 1.807) is 25.1 Å². The van der Waals surface area contributed by atoms with E-state index in [0.717, 1.165) is 11.4 Å². The SMILES string of the molecule is CCOc1cc(C=NN2C(=O)[C@@H]3[C@H](C2=O)[C@H]2C=C[C@H]3C2)c(Br)cc1OCC(=O)Nc1cccc(F)c1. The molecular formula is C26H23BrFN3O5. The first-order valence-electron chi connectivity index (χ1n) is 11.6. The summed E-state index contributed by atoms with van der Waals surface area (Å²) in [5, 5.41) is 7.76. The zero-order chi connectivity index (χ0) is 25.4. The van der Waals surface area contributed by atoms with Crippen LogP contribution in [0.2, 0.25) is 0 Å². The summed E-state index contributed by atoms with van der Waals surface area (Å²) >= 11 is 3.45. The third kappa shape index (κ3) is 4.53. The number of nitrogens with one attached hydrogen (secondary N) is 1. The number of benzene rings is 2. The molecule has 1 N–H and O–H groups in total. The van der Waals surface area contributed by atoms with Gasteiger partial charge in [-0.05, 0) is 71.4 Å². The van der Waals surface area contributed by atoms with Crippen molar-refractivity contribution >= 4 is 45.6 Å². The fourth-order valence-corrected chi connectivity index (χ4v) is 5.48. The van der Waals surface area contributed by atoms with Gasteiger partial charge in [0.05, 0.1) is 24.7 Å². The summed E-state index contributed by atoms with van der Waals surface area (Å²) < 4.78 is 25.2. The number of amides is 3. The number of allylic oxidation sites excluding steroid dienone is 2. The van der Waals surface area contributed by atoms with Gasteiger partial charge in [0.15, 0.2) is 18.1 Å². The average Bonchev–Trinajstić information content (AvgIpc) is 3.52. The number of halogens is 2. The van der Waals surface area contributed by atoms with Crippen LogP contribution in [0.25, 0.3) is 0 Å². The van der Waals surface area contributed by atoms with Crippen molar-refractivity contribution < 1.29 is 28.2 Å². The molecule has 0 spiro atoms. The van der Waals surface area contributed by atoms with Crippen LogP contribution in [0.15, 0.2) is 58.1 Å². The number of imide groups is 1. The van der Waals surface area contributed by atoms with Crippen LogP contribution in [-0.2, 0) is 14.4 Å². The molecule has 0 aromatic heterocycles. The van der Waals surface area contributed by atoms with Crippen molar-refractivity contribution in [2.75, 3.05) is 18.5 Å². The minimum atomic E-state index is -0.468. The predicted octanol–water partition coefficient (Wildman–Crippen LogP) is 4.15. The van der Waals surface area contributed by atoms with Crippen molar-refractivity contribution in [1.82, 2.24) is 5.01 Å². The largest absolute Gasteiger partial charge is 0.490 e. The quantitative estimate of drug-likeness (QED) is 0.300. The Morgan fingerprint density at radius 3 is 2.50 bits per heavy atom. The lowest BCUT2D eigenvalue weighted by Crippen LogP contribution is -2.28. The highest BCUT2D eigenvalue weighted by Gasteiger charge is 2.59. The van der Waals surface area contributed by atoms with Crippen LogP contribution in [0, 0.1) is 29.5 Å². The van der Waals surface area contributed by atoms with Gasteiger partial charge in [-0.2, -0.15) is 10.1 Å². The molecule has 1 heterocycles. The minimum Gasteiger partial charge on any atom is -0.490 e. The number of hydrazone groups is 1. The second-order valence-corrected chi connectivity index (χ2v) is 9.69. The zero-order valence-electron chi connectivity index (χ0n) is 19.3. The summed E-state index contributed by atoms with van der Waals surface area (Å²) in [7, 11) is 0. The number of ether oxygens (including phenoxy) is 2. The Morgan fingerprint density at radius 1 is 1.14 bits per heavy atom. The van der Waals surface area contributed by atoms with Gasteiger partial charge in [-0.15, -0.1) is 0 Å². The lowest BCUT2D eigenvalue weighted by molar-refractivity contribution is -0.140. The highest BCUT2D eigenvalue weighted by atomic mass is 79.9. The molecule has 4 atom stereocenters. The number of nitrogens with zero attached hydrogens (tertiary/aromatic N) is 2. The highest BCUT2D eigenvalue weighted by molar-refractivity contribution is 9.10. The minimum absolute atomic E-state index is 0.113. The van der Waals surface area contributed by atoms with Crippen molar-refractivity contribution in [3.8, 4) is 11.5 Å². The molecular weight excluding hydrogens is 533 g/mol. The van der Waals surface area contributed by atoms with E-state index >= 15 is 0 Å². The maximum atomic E-state index is 13.3. The van der Waals surface area contributed by atoms with Crippen molar-refractivity contribution in [1.29, 1.82) is 0 Å². The molecule has 0 unspecified atom stereocenters. The van der Waals surface area contributed by atoms with E-state index in [1.165, 1.54) is 24.4 Å². The van der Waals surface area contributed by atoms with Crippen molar-refractivity contribution in [2.24, 2.45) is 28.8 Å². The molecule has 1 aliphatic heterocycles. The van der Waals surface area contributed by atoms with Crippen LogP contribution in [0.1, 0.15) is 18.9 Å². The normalized spacial score (nSPS) is 24.0. The van der Waals surface area contributed by atoms with Crippen molar-refractivity contribution in [3.05, 3.63) is 64.4 Å². The van der Waals surface area contributed by atoms with Gasteiger partial charge in [-0.3, -0.25) is 14.4 Å². The summed E-state index contributed by atoms with van der Waals surface area (Å²) in [6, 6.07) is 8.82. The topological polar surface area (TPSA) is 97.3 Å². The van der Waals surface area contributed by atoms with Crippen LogP contribution in [0.5, 0.6) is 11.5 Å². The van der Waals surface area contributed by atoms with E-state index in [2.05, 4.69) is 26.3 Å². The first-order valence-corrected chi connectivity index (χ1v) is 12.4. The van der Waals surface area contributed by atoms with Gasteiger partial charge < -0.3 is 14.8 Å². The van der Waals surface area contributed by atoms with E-state index in [4.69, 9.17) is 9.47 Å². The van der Waals surface area contributed by atoms with Crippen molar-refractivity contribution in [2.45, 2.75) is 13.3 Å². The van der Waals surface area contributed by atoms with Gasteiger partial charge in [0.2, 0.25) is 0 Å². The average molecular weight is 556 g/mol. The number of fused-ring (bicyclic) bond motifs is 5. The molecule has 10 heteroatoms. The van der Waals surface area contributed by atoms with E-state index in [0.29, 0.717) is 33.8 Å². The van der Waals surface area contributed by atoms with E-state index in [9.17, 15) is 18.8 Å². The summed E-state index contributed by atoms with van der Waals surface area (Å²) in [5.41, 5.74) is 0.883. The molecule has 1 saturated heterocycles. The Kier molecular flexibility index (Phi) is 6.61. The smallest absolute Gasteiger partial charge is 0.262 e. The predicted molar refractivity (Wildman–Crippen MR) is 133 cm³/mol. The number of hydrogen-bond acceptors (Lipinski definition) is 6. The molecule has 2 aromatic carbocycles. The van der Waals surface area contributed by atoms with Gasteiger partial charge in [-0.25, -0.2) is 4.39 Å². The molecule has 2 bridgehead atoms. The van der Waals surface area contributed by atoms with E-state index in [1.807, 2.05) is 12.2 Å². The zero-order valence-corrected chi connectivity index (χ0v) is 20.9. The van der Waals surface area contributed by atoms with Gasteiger partial charge in [0, 0.05) is 15.7 Å². The molecule has 2 aromatic rings. The molecule has 0 radical (unpaired) electrons. The number of hydrogen-bond donors (Lipinski definition) is 1. The molecule has 2 aliphatic carbocycles. The molecule has 3 amide bonds. The third-order valence-electron chi connectivity index (χ3n) is 6.59. The third-order valence-corrected chi connectivity index (χ3v) is 7.28. The molecule has 3 aliphatic rings. The fraction of sp³-hybridized carbons (Fsp3) is 0.308. The number of rotatable bonds is 8. The molecule has 2 fully saturated rings. The van der Waals surface area contributed by atoms with Crippen molar-refractivity contribution in [3.63, 3.8) is 0 Å². The molecule has 8 nitrogen and oxygen atoms in total. The lowest BCUT2D eigenvalue weighted by atomic mass is 9.85. The van der Waals surface area contributed by atoms with Crippen LogP contribution < -0.4 is 14.8 Å². The monoisotopic (exact) mass is 555 g/mol.